The van der Waals surface area contributed by atoms with Crippen LogP contribution < -0.4 is 10.1 Å². The number of ether oxygens (including phenoxy) is 1. The van der Waals surface area contributed by atoms with Crippen LogP contribution in [-0.4, -0.2) is 16.6 Å². The number of halogens is 3. The van der Waals surface area contributed by atoms with E-state index < -0.39 is 0 Å². The van der Waals surface area contributed by atoms with E-state index in [9.17, 15) is 0 Å². The first-order valence-electron chi connectivity index (χ1n) is 9.30. The third-order valence-electron chi connectivity index (χ3n) is 4.54. The molecule has 0 aliphatic heterocycles. The minimum Gasteiger partial charge on any atom is -0.494 e. The molecule has 2 heterocycles. The van der Waals surface area contributed by atoms with Gasteiger partial charge in [0.2, 0.25) is 0 Å². The molecule has 154 valence electrons. The van der Waals surface area contributed by atoms with Gasteiger partial charge in [0.1, 0.15) is 22.2 Å². The van der Waals surface area contributed by atoms with Gasteiger partial charge < -0.3 is 10.1 Å². The van der Waals surface area contributed by atoms with Crippen molar-refractivity contribution in [2.75, 3.05) is 11.9 Å². The lowest BCUT2D eigenvalue weighted by Crippen LogP contribution is -2.00. The standard InChI is InChI=1S/C22H18Cl3N3OS/c1-4-29-15-7-5-13(6-8-15)18-11(2)30-22-19(18)21(26-12(3)27-22)28-20-16(24)9-14(23)10-17(20)25/h5-10H,4H2,1-3H3,(H,26,27,28). The summed E-state index contributed by atoms with van der Waals surface area (Å²) in [5.41, 5.74) is 2.69. The van der Waals surface area contributed by atoms with Gasteiger partial charge >= 0.3 is 0 Å². The van der Waals surface area contributed by atoms with Crippen molar-refractivity contribution < 1.29 is 4.74 Å². The fraction of sp³-hybridized carbons (Fsp3) is 0.182. The number of hydrogen-bond donors (Lipinski definition) is 1. The number of nitrogens with one attached hydrogen (secondary N) is 1. The van der Waals surface area contributed by atoms with E-state index >= 15 is 0 Å². The van der Waals surface area contributed by atoms with Crippen LogP contribution in [-0.2, 0) is 0 Å². The van der Waals surface area contributed by atoms with Crippen molar-refractivity contribution in [2.24, 2.45) is 0 Å². The van der Waals surface area contributed by atoms with E-state index in [4.69, 9.17) is 39.5 Å². The number of hydrogen-bond acceptors (Lipinski definition) is 5. The summed E-state index contributed by atoms with van der Waals surface area (Å²) in [5, 5.41) is 5.56. The zero-order valence-corrected chi connectivity index (χ0v) is 19.6. The van der Waals surface area contributed by atoms with E-state index in [0.717, 1.165) is 32.0 Å². The lowest BCUT2D eigenvalue weighted by molar-refractivity contribution is 0.340. The molecule has 0 bridgehead atoms. The van der Waals surface area contributed by atoms with Crippen LogP contribution in [0.25, 0.3) is 21.3 Å². The average Bonchev–Trinajstić information content (AvgIpc) is 3.01. The van der Waals surface area contributed by atoms with Gasteiger partial charge in [-0.05, 0) is 50.6 Å². The Morgan fingerprint density at radius 2 is 1.67 bits per heavy atom. The highest BCUT2D eigenvalue weighted by Gasteiger charge is 2.19. The number of aryl methyl sites for hydroxylation is 2. The second-order valence-electron chi connectivity index (χ2n) is 6.66. The first-order valence-corrected chi connectivity index (χ1v) is 11.2. The molecule has 0 radical (unpaired) electrons. The fourth-order valence-corrected chi connectivity index (χ4v) is 5.32. The highest BCUT2D eigenvalue weighted by atomic mass is 35.5. The van der Waals surface area contributed by atoms with Crippen LogP contribution in [0.1, 0.15) is 17.6 Å². The molecule has 0 saturated carbocycles. The monoisotopic (exact) mass is 477 g/mol. The summed E-state index contributed by atoms with van der Waals surface area (Å²) < 4.78 is 5.58. The lowest BCUT2D eigenvalue weighted by Gasteiger charge is -2.13. The zero-order chi connectivity index (χ0) is 21.4. The van der Waals surface area contributed by atoms with Crippen molar-refractivity contribution in [1.82, 2.24) is 9.97 Å². The first-order chi connectivity index (χ1) is 14.4. The van der Waals surface area contributed by atoms with Crippen molar-refractivity contribution in [3.63, 3.8) is 0 Å². The number of rotatable bonds is 5. The van der Waals surface area contributed by atoms with Crippen molar-refractivity contribution in [3.05, 3.63) is 62.2 Å². The van der Waals surface area contributed by atoms with E-state index in [1.54, 1.807) is 23.5 Å². The van der Waals surface area contributed by atoms with Gasteiger partial charge in [0.15, 0.2) is 0 Å². The van der Waals surface area contributed by atoms with Crippen LogP contribution in [0, 0.1) is 13.8 Å². The van der Waals surface area contributed by atoms with Crippen molar-refractivity contribution in [2.45, 2.75) is 20.8 Å². The molecule has 30 heavy (non-hydrogen) atoms. The van der Waals surface area contributed by atoms with Crippen LogP contribution in [0.15, 0.2) is 36.4 Å². The molecule has 0 spiro atoms. The van der Waals surface area contributed by atoms with Gasteiger partial charge in [0.05, 0.1) is 27.7 Å². The summed E-state index contributed by atoms with van der Waals surface area (Å²) in [5.74, 6) is 2.14. The maximum absolute atomic E-state index is 6.40. The Hall–Kier alpha value is -2.05. The topological polar surface area (TPSA) is 47.0 Å². The van der Waals surface area contributed by atoms with E-state index in [-0.39, 0.29) is 0 Å². The highest BCUT2D eigenvalue weighted by molar-refractivity contribution is 7.19. The third kappa shape index (κ3) is 4.08. The van der Waals surface area contributed by atoms with Gasteiger partial charge in [-0.3, -0.25) is 0 Å². The van der Waals surface area contributed by atoms with Crippen molar-refractivity contribution >= 4 is 67.9 Å². The van der Waals surface area contributed by atoms with Crippen LogP contribution in [0.4, 0.5) is 11.5 Å². The van der Waals surface area contributed by atoms with Crippen LogP contribution >= 0.6 is 46.1 Å². The minimum absolute atomic E-state index is 0.423. The van der Waals surface area contributed by atoms with Gasteiger partial charge in [-0.1, -0.05) is 46.9 Å². The number of thiophene rings is 1. The lowest BCUT2D eigenvalue weighted by atomic mass is 10.0. The third-order valence-corrected chi connectivity index (χ3v) is 6.36. The Balaban J connectivity index is 1.89. The molecular weight excluding hydrogens is 461 g/mol. The van der Waals surface area contributed by atoms with Gasteiger partial charge in [0.25, 0.3) is 0 Å². The summed E-state index contributed by atoms with van der Waals surface area (Å²) in [6, 6.07) is 11.3. The fourth-order valence-electron chi connectivity index (χ4n) is 3.32. The maximum Gasteiger partial charge on any atom is 0.143 e. The van der Waals surface area contributed by atoms with Crippen molar-refractivity contribution in [3.8, 4) is 16.9 Å². The van der Waals surface area contributed by atoms with E-state index in [1.165, 1.54) is 0 Å². The van der Waals surface area contributed by atoms with Gasteiger partial charge in [0, 0.05) is 15.5 Å². The molecule has 4 aromatic rings. The molecule has 0 saturated heterocycles. The number of benzene rings is 2. The van der Waals surface area contributed by atoms with E-state index in [1.807, 2.05) is 38.1 Å². The van der Waals surface area contributed by atoms with E-state index in [0.29, 0.717) is 39.0 Å². The average molecular weight is 479 g/mol. The summed E-state index contributed by atoms with van der Waals surface area (Å²) in [7, 11) is 0. The van der Waals surface area contributed by atoms with Crippen LogP contribution in [0.2, 0.25) is 15.1 Å². The highest BCUT2D eigenvalue weighted by Crippen LogP contribution is 2.43. The quantitative estimate of drug-likeness (QED) is 0.315. The molecule has 2 aromatic carbocycles. The van der Waals surface area contributed by atoms with Crippen LogP contribution in [0.3, 0.4) is 0 Å². The summed E-state index contributed by atoms with van der Waals surface area (Å²) in [6.07, 6.45) is 0. The molecule has 0 aliphatic rings. The second kappa shape index (κ2) is 8.60. The molecular formula is C22H18Cl3N3OS. The normalized spacial score (nSPS) is 11.1. The van der Waals surface area contributed by atoms with Gasteiger partial charge in [-0.2, -0.15) is 0 Å². The molecule has 0 aliphatic carbocycles. The largest absolute Gasteiger partial charge is 0.494 e. The number of anilines is 2. The second-order valence-corrected chi connectivity index (χ2v) is 9.11. The number of fused-ring (bicyclic) bond motifs is 1. The molecule has 1 N–H and O–H groups in total. The maximum atomic E-state index is 6.40. The Kier molecular flexibility index (Phi) is 6.07. The Labute approximate surface area is 193 Å². The first kappa shape index (κ1) is 21.2. The molecule has 0 amide bonds. The molecule has 0 fully saturated rings. The predicted octanol–water partition coefficient (Wildman–Crippen LogP) is 8.08. The summed E-state index contributed by atoms with van der Waals surface area (Å²) in [4.78, 5) is 11.3. The Bertz CT molecular complexity index is 1220. The van der Waals surface area contributed by atoms with Gasteiger partial charge in [-0.25, -0.2) is 9.97 Å². The summed E-state index contributed by atoms with van der Waals surface area (Å²) >= 11 is 20.5. The molecule has 2 aromatic heterocycles. The van der Waals surface area contributed by atoms with Crippen LogP contribution in [0.5, 0.6) is 5.75 Å². The Morgan fingerprint density at radius 3 is 2.30 bits per heavy atom. The molecule has 0 unspecified atom stereocenters. The predicted molar refractivity (Wildman–Crippen MR) is 128 cm³/mol. The zero-order valence-electron chi connectivity index (χ0n) is 16.5. The minimum atomic E-state index is 0.423. The smallest absolute Gasteiger partial charge is 0.143 e. The number of nitrogens with zero attached hydrogens (tertiary/aromatic N) is 2. The molecule has 8 heteroatoms. The number of aromatic nitrogens is 2. The molecule has 0 atom stereocenters. The summed E-state index contributed by atoms with van der Waals surface area (Å²) in [6.45, 7) is 6.54. The van der Waals surface area contributed by atoms with E-state index in [2.05, 4.69) is 22.2 Å². The Morgan fingerprint density at radius 1 is 1.00 bits per heavy atom. The van der Waals surface area contributed by atoms with Gasteiger partial charge in [-0.15, -0.1) is 11.3 Å². The SMILES string of the molecule is CCOc1ccc(-c2c(C)sc3nc(C)nc(Nc4c(Cl)cc(Cl)cc4Cl)c23)cc1. The molecule has 4 rings (SSSR count). The molecule has 4 nitrogen and oxygen atoms in total. The van der Waals surface area contributed by atoms with Crippen molar-refractivity contribution in [1.29, 1.82) is 0 Å².